The zero-order valence-electron chi connectivity index (χ0n) is 9.10. The number of aromatic nitrogens is 2. The summed E-state index contributed by atoms with van der Waals surface area (Å²) in [5, 5.41) is 3.74. The maximum Gasteiger partial charge on any atom is 0.252 e. The van der Waals surface area contributed by atoms with E-state index in [1.807, 2.05) is 6.92 Å². The Hall–Kier alpha value is -0.980. The monoisotopic (exact) mass is 215 g/mol. The molecule has 2 N–H and O–H groups in total. The van der Waals surface area contributed by atoms with Crippen molar-refractivity contribution in [2.45, 2.75) is 26.0 Å². The van der Waals surface area contributed by atoms with E-state index in [0.29, 0.717) is 31.5 Å². The van der Waals surface area contributed by atoms with E-state index < -0.39 is 0 Å². The molecule has 1 aromatic rings. The highest BCUT2D eigenvalue weighted by atomic mass is 16.5. The van der Waals surface area contributed by atoms with Crippen molar-refractivity contribution in [2.75, 3.05) is 20.3 Å². The van der Waals surface area contributed by atoms with Crippen LogP contribution in [0.1, 0.15) is 31.1 Å². The van der Waals surface area contributed by atoms with Gasteiger partial charge in [-0.15, -0.1) is 0 Å². The van der Waals surface area contributed by atoms with Crippen LogP contribution >= 0.6 is 0 Å². The molecule has 1 heterocycles. The Kier molecular flexibility index (Phi) is 5.23. The first kappa shape index (κ1) is 12.1. The molecule has 0 saturated carbocycles. The van der Waals surface area contributed by atoms with Crippen LogP contribution in [0.3, 0.4) is 0 Å². The Balaban J connectivity index is 2.41. The van der Waals surface area contributed by atoms with Crippen molar-refractivity contribution < 1.29 is 14.0 Å². The number of hydrogen-bond donors (Lipinski definition) is 1. The predicted octanol–water partition coefficient (Wildman–Crippen LogP) is 0.642. The first-order valence-electron chi connectivity index (χ1n) is 4.92. The molecule has 6 heteroatoms. The third kappa shape index (κ3) is 3.94. The molecule has 0 saturated heterocycles. The van der Waals surface area contributed by atoms with Crippen molar-refractivity contribution >= 4 is 0 Å². The molecule has 0 amide bonds. The number of rotatable bonds is 7. The average molecular weight is 215 g/mol. The van der Waals surface area contributed by atoms with Crippen molar-refractivity contribution in [1.82, 2.24) is 10.1 Å². The van der Waals surface area contributed by atoms with Crippen LogP contribution in [0.2, 0.25) is 0 Å². The van der Waals surface area contributed by atoms with Crippen molar-refractivity contribution in [3.05, 3.63) is 11.7 Å². The van der Waals surface area contributed by atoms with Gasteiger partial charge in [0, 0.05) is 13.7 Å². The first-order valence-corrected chi connectivity index (χ1v) is 4.92. The van der Waals surface area contributed by atoms with Crippen LogP contribution in [0, 0.1) is 0 Å². The zero-order valence-corrected chi connectivity index (χ0v) is 9.10. The Morgan fingerprint density at radius 1 is 1.53 bits per heavy atom. The lowest BCUT2D eigenvalue weighted by molar-refractivity contribution is 0.0981. The quantitative estimate of drug-likeness (QED) is 0.672. The molecule has 0 fully saturated rings. The van der Waals surface area contributed by atoms with E-state index in [1.54, 1.807) is 7.11 Å². The summed E-state index contributed by atoms with van der Waals surface area (Å²) in [6, 6.07) is -0.348. The van der Waals surface area contributed by atoms with Gasteiger partial charge < -0.3 is 19.7 Å². The fourth-order valence-corrected chi connectivity index (χ4v) is 1.04. The largest absolute Gasteiger partial charge is 0.383 e. The van der Waals surface area contributed by atoms with E-state index in [9.17, 15) is 0 Å². The fourth-order valence-electron chi connectivity index (χ4n) is 1.04. The summed E-state index contributed by atoms with van der Waals surface area (Å²) in [5.41, 5.74) is 5.72. The second-order valence-electron chi connectivity index (χ2n) is 3.16. The highest BCUT2D eigenvalue weighted by Gasteiger charge is 2.13. The van der Waals surface area contributed by atoms with Gasteiger partial charge in [0.05, 0.1) is 12.6 Å². The molecule has 1 rings (SSSR count). The number of hydrogen-bond acceptors (Lipinski definition) is 6. The van der Waals surface area contributed by atoms with Crippen molar-refractivity contribution in [3.63, 3.8) is 0 Å². The van der Waals surface area contributed by atoms with E-state index in [2.05, 4.69) is 10.1 Å². The molecular weight excluding hydrogens is 198 g/mol. The maximum atomic E-state index is 5.72. The summed E-state index contributed by atoms with van der Waals surface area (Å²) in [6.45, 7) is 3.42. The SMILES string of the molecule is CCCOCc1nc(C(N)COC)no1. The van der Waals surface area contributed by atoms with Gasteiger partial charge in [0.15, 0.2) is 5.82 Å². The zero-order chi connectivity index (χ0) is 11.1. The number of methoxy groups -OCH3 is 1. The van der Waals surface area contributed by atoms with Crippen molar-refractivity contribution in [2.24, 2.45) is 5.73 Å². The van der Waals surface area contributed by atoms with Crippen LogP contribution < -0.4 is 5.73 Å². The van der Waals surface area contributed by atoms with Gasteiger partial charge in [-0.25, -0.2) is 0 Å². The number of nitrogens with two attached hydrogens (primary N) is 1. The normalized spacial score (nSPS) is 13.0. The Morgan fingerprint density at radius 3 is 3.00 bits per heavy atom. The summed E-state index contributed by atoms with van der Waals surface area (Å²) in [7, 11) is 1.57. The first-order chi connectivity index (χ1) is 7.27. The molecule has 0 bridgehead atoms. The standard InChI is InChI=1S/C9H17N3O3/c1-3-4-14-6-8-11-9(12-15-8)7(10)5-13-2/h7H,3-6,10H2,1-2H3. The van der Waals surface area contributed by atoms with Gasteiger partial charge in [0.1, 0.15) is 6.61 Å². The third-order valence-corrected chi connectivity index (χ3v) is 1.74. The smallest absolute Gasteiger partial charge is 0.252 e. The van der Waals surface area contributed by atoms with Crippen LogP contribution in [-0.4, -0.2) is 30.5 Å². The molecule has 86 valence electrons. The molecule has 0 aliphatic carbocycles. The van der Waals surface area contributed by atoms with Gasteiger partial charge in [-0.05, 0) is 6.42 Å². The third-order valence-electron chi connectivity index (χ3n) is 1.74. The van der Waals surface area contributed by atoms with E-state index in [-0.39, 0.29) is 6.04 Å². The van der Waals surface area contributed by atoms with Gasteiger partial charge in [-0.1, -0.05) is 12.1 Å². The molecule has 0 aliphatic rings. The van der Waals surface area contributed by atoms with Crippen LogP contribution in [0.25, 0.3) is 0 Å². The minimum absolute atomic E-state index is 0.334. The summed E-state index contributed by atoms with van der Waals surface area (Å²) >= 11 is 0. The van der Waals surface area contributed by atoms with E-state index in [4.69, 9.17) is 19.7 Å². The molecule has 15 heavy (non-hydrogen) atoms. The fraction of sp³-hybridized carbons (Fsp3) is 0.778. The van der Waals surface area contributed by atoms with Gasteiger partial charge in [0.2, 0.25) is 0 Å². The maximum absolute atomic E-state index is 5.72. The second kappa shape index (κ2) is 6.49. The van der Waals surface area contributed by atoms with E-state index >= 15 is 0 Å². The Labute approximate surface area is 88.7 Å². The lowest BCUT2D eigenvalue weighted by Crippen LogP contribution is -2.17. The second-order valence-corrected chi connectivity index (χ2v) is 3.16. The predicted molar refractivity (Wildman–Crippen MR) is 53.0 cm³/mol. The van der Waals surface area contributed by atoms with E-state index in [0.717, 1.165) is 6.42 Å². The minimum Gasteiger partial charge on any atom is -0.383 e. The molecule has 1 atom stereocenters. The topological polar surface area (TPSA) is 83.4 Å². The van der Waals surface area contributed by atoms with Crippen LogP contribution in [0.5, 0.6) is 0 Å². The highest BCUT2D eigenvalue weighted by molar-refractivity contribution is 4.92. The summed E-state index contributed by atoms with van der Waals surface area (Å²) in [4.78, 5) is 4.09. The minimum atomic E-state index is -0.348. The van der Waals surface area contributed by atoms with Crippen LogP contribution in [-0.2, 0) is 16.1 Å². The Morgan fingerprint density at radius 2 is 2.33 bits per heavy atom. The summed E-state index contributed by atoms with van der Waals surface area (Å²) in [6.07, 6.45) is 0.962. The van der Waals surface area contributed by atoms with Crippen molar-refractivity contribution in [1.29, 1.82) is 0 Å². The average Bonchev–Trinajstić information content (AvgIpc) is 2.67. The molecule has 0 spiro atoms. The molecule has 1 unspecified atom stereocenters. The lowest BCUT2D eigenvalue weighted by atomic mass is 10.3. The molecule has 1 aromatic heterocycles. The van der Waals surface area contributed by atoms with Crippen LogP contribution in [0.4, 0.5) is 0 Å². The molecule has 0 aliphatic heterocycles. The van der Waals surface area contributed by atoms with Gasteiger partial charge in [-0.3, -0.25) is 0 Å². The number of ether oxygens (including phenoxy) is 2. The van der Waals surface area contributed by atoms with Gasteiger partial charge >= 0.3 is 0 Å². The van der Waals surface area contributed by atoms with Crippen LogP contribution in [0.15, 0.2) is 4.52 Å². The number of nitrogens with zero attached hydrogens (tertiary/aromatic N) is 2. The lowest BCUT2D eigenvalue weighted by Gasteiger charge is -2.03. The molecule has 0 aromatic carbocycles. The van der Waals surface area contributed by atoms with Gasteiger partial charge in [-0.2, -0.15) is 4.98 Å². The Bertz CT molecular complexity index is 277. The molecule has 6 nitrogen and oxygen atoms in total. The highest BCUT2D eigenvalue weighted by Crippen LogP contribution is 2.07. The van der Waals surface area contributed by atoms with E-state index in [1.165, 1.54) is 0 Å². The molecule has 0 radical (unpaired) electrons. The summed E-state index contributed by atoms with van der Waals surface area (Å²) in [5.74, 6) is 0.900. The molecular formula is C9H17N3O3. The van der Waals surface area contributed by atoms with Gasteiger partial charge in [0.25, 0.3) is 5.89 Å². The summed E-state index contributed by atoms with van der Waals surface area (Å²) < 4.78 is 15.1. The van der Waals surface area contributed by atoms with Crippen molar-refractivity contribution in [3.8, 4) is 0 Å².